The molecule has 0 N–H and O–H groups in total. The van der Waals surface area contributed by atoms with Gasteiger partial charge in [-0.1, -0.05) is 15.9 Å². The second-order valence-electron chi connectivity index (χ2n) is 3.40. The molecule has 0 amide bonds. The lowest BCUT2D eigenvalue weighted by molar-refractivity contribution is -0.132. The Bertz CT molecular complexity index is 193. The third kappa shape index (κ3) is 0.975. The van der Waals surface area contributed by atoms with Crippen molar-refractivity contribution in [1.82, 2.24) is 0 Å². The first-order valence-electron chi connectivity index (χ1n) is 3.93. The minimum atomic E-state index is 0.261. The summed E-state index contributed by atoms with van der Waals surface area (Å²) in [6.45, 7) is 0. The van der Waals surface area contributed by atoms with Gasteiger partial charge in [0, 0.05) is 24.3 Å². The zero-order valence-corrected chi connectivity index (χ0v) is 8.00. The van der Waals surface area contributed by atoms with Crippen molar-refractivity contribution >= 4 is 21.7 Å². The Balaban J connectivity index is 2.08. The van der Waals surface area contributed by atoms with E-state index in [1.807, 2.05) is 0 Å². The molecule has 0 aromatic carbocycles. The molecule has 0 aliphatic heterocycles. The van der Waals surface area contributed by atoms with Gasteiger partial charge in [-0.15, -0.1) is 0 Å². The van der Waals surface area contributed by atoms with Gasteiger partial charge in [0.1, 0.15) is 5.78 Å². The van der Waals surface area contributed by atoms with E-state index in [4.69, 9.17) is 4.74 Å². The van der Waals surface area contributed by atoms with E-state index in [0.717, 1.165) is 12.8 Å². The van der Waals surface area contributed by atoms with Crippen LogP contribution in [0.3, 0.4) is 0 Å². The van der Waals surface area contributed by atoms with Gasteiger partial charge < -0.3 is 4.74 Å². The lowest BCUT2D eigenvalue weighted by atomic mass is 9.75. The second-order valence-corrected chi connectivity index (χ2v) is 4.45. The van der Waals surface area contributed by atoms with Gasteiger partial charge in [-0.3, -0.25) is 4.79 Å². The fourth-order valence-electron chi connectivity index (χ4n) is 2.13. The van der Waals surface area contributed by atoms with Crippen molar-refractivity contribution in [3.8, 4) is 0 Å². The summed E-state index contributed by atoms with van der Waals surface area (Å²) in [5, 5.41) is 0. The second kappa shape index (κ2) is 2.56. The van der Waals surface area contributed by atoms with E-state index >= 15 is 0 Å². The molecule has 0 bridgehead atoms. The van der Waals surface area contributed by atoms with Crippen LogP contribution in [0.2, 0.25) is 0 Å². The number of Topliss-reactive ketones (excluding diaryl/α,β-unsaturated/α-hetero) is 1. The van der Waals surface area contributed by atoms with E-state index in [1.54, 1.807) is 7.11 Å². The van der Waals surface area contributed by atoms with E-state index in [2.05, 4.69) is 15.9 Å². The number of hydrogen-bond donors (Lipinski definition) is 0. The van der Waals surface area contributed by atoms with Crippen LogP contribution in [0.25, 0.3) is 0 Å². The van der Waals surface area contributed by atoms with Crippen LogP contribution < -0.4 is 0 Å². The van der Waals surface area contributed by atoms with Gasteiger partial charge in [-0.05, 0) is 12.3 Å². The number of ether oxygens (including phenoxy) is 1. The molecule has 0 saturated heterocycles. The van der Waals surface area contributed by atoms with Gasteiger partial charge in [-0.25, -0.2) is 0 Å². The quantitative estimate of drug-likeness (QED) is 0.622. The predicted octanol–water partition coefficient (Wildman–Crippen LogP) is 1.37. The van der Waals surface area contributed by atoms with Crippen molar-refractivity contribution in [3.05, 3.63) is 0 Å². The van der Waals surface area contributed by atoms with Crippen LogP contribution >= 0.6 is 15.9 Å². The van der Waals surface area contributed by atoms with Crippen molar-refractivity contribution in [3.63, 3.8) is 0 Å². The molecule has 0 spiro atoms. The molecule has 4 unspecified atom stereocenters. The minimum absolute atomic E-state index is 0.261. The number of hydrogen-bond acceptors (Lipinski definition) is 2. The summed E-state index contributed by atoms with van der Waals surface area (Å²) >= 11 is 3.57. The maximum Gasteiger partial charge on any atom is 0.136 e. The molecule has 2 saturated carbocycles. The highest BCUT2D eigenvalue weighted by Crippen LogP contribution is 2.48. The molecule has 0 aromatic heterocycles. The molecule has 2 fully saturated rings. The first kappa shape index (κ1) is 7.74. The van der Waals surface area contributed by atoms with Crippen molar-refractivity contribution < 1.29 is 9.53 Å². The zero-order valence-electron chi connectivity index (χ0n) is 6.42. The van der Waals surface area contributed by atoms with Crippen LogP contribution in [0.1, 0.15) is 12.8 Å². The summed E-state index contributed by atoms with van der Waals surface area (Å²) < 4.78 is 5.25. The van der Waals surface area contributed by atoms with E-state index < -0.39 is 0 Å². The summed E-state index contributed by atoms with van der Waals surface area (Å²) in [5.74, 6) is 1.30. The normalized spacial score (nSPS) is 48.7. The highest BCUT2D eigenvalue weighted by Gasteiger charge is 2.52. The summed E-state index contributed by atoms with van der Waals surface area (Å²) in [6, 6.07) is 0. The number of ketones is 1. The first-order chi connectivity index (χ1) is 5.24. The smallest absolute Gasteiger partial charge is 0.136 e. The number of methoxy groups -OCH3 is 1. The highest BCUT2D eigenvalue weighted by molar-refractivity contribution is 9.09. The van der Waals surface area contributed by atoms with E-state index in [1.165, 1.54) is 0 Å². The maximum absolute atomic E-state index is 11.0. The Morgan fingerprint density at radius 2 is 2.36 bits per heavy atom. The first-order valence-corrected chi connectivity index (χ1v) is 4.85. The molecule has 62 valence electrons. The van der Waals surface area contributed by atoms with Crippen molar-refractivity contribution in [2.75, 3.05) is 7.11 Å². The van der Waals surface area contributed by atoms with Crippen molar-refractivity contribution in [1.29, 1.82) is 0 Å². The van der Waals surface area contributed by atoms with Crippen LogP contribution in [-0.2, 0) is 9.53 Å². The predicted molar refractivity (Wildman–Crippen MR) is 44.7 cm³/mol. The van der Waals surface area contributed by atoms with Gasteiger partial charge in [0.25, 0.3) is 0 Å². The van der Waals surface area contributed by atoms with Gasteiger partial charge in [-0.2, -0.15) is 0 Å². The Labute approximate surface area is 74.4 Å². The zero-order chi connectivity index (χ0) is 8.01. The molecule has 2 aliphatic rings. The average Bonchev–Trinajstić information content (AvgIpc) is 2.24. The number of carbonyl (C=O) groups is 1. The van der Waals surface area contributed by atoms with Crippen LogP contribution in [0.4, 0.5) is 0 Å². The van der Waals surface area contributed by atoms with Crippen LogP contribution in [-0.4, -0.2) is 23.8 Å². The maximum atomic E-state index is 11.0. The molecular weight excluding hydrogens is 208 g/mol. The van der Waals surface area contributed by atoms with E-state index in [-0.39, 0.29) is 6.10 Å². The van der Waals surface area contributed by atoms with Crippen LogP contribution in [0, 0.1) is 11.8 Å². The minimum Gasteiger partial charge on any atom is -0.380 e. The van der Waals surface area contributed by atoms with Crippen molar-refractivity contribution in [2.24, 2.45) is 11.8 Å². The summed E-state index contributed by atoms with van der Waals surface area (Å²) in [4.78, 5) is 11.5. The molecular formula is C8H11BrO2. The lowest BCUT2D eigenvalue weighted by Crippen LogP contribution is -2.36. The van der Waals surface area contributed by atoms with E-state index in [0.29, 0.717) is 22.4 Å². The average molecular weight is 219 g/mol. The molecule has 0 radical (unpaired) electrons. The number of fused-ring (bicyclic) bond motifs is 1. The third-order valence-electron chi connectivity index (χ3n) is 2.92. The van der Waals surface area contributed by atoms with Gasteiger partial charge in [0.15, 0.2) is 0 Å². The molecule has 0 heterocycles. The SMILES string of the molecule is COC1CC2C(=O)CC2C1Br. The molecule has 3 heteroatoms. The highest BCUT2D eigenvalue weighted by atomic mass is 79.9. The molecule has 2 aliphatic carbocycles. The number of alkyl halides is 1. The molecule has 2 nitrogen and oxygen atoms in total. The largest absolute Gasteiger partial charge is 0.380 e. The molecule has 2 rings (SSSR count). The standard InChI is InChI=1S/C8H11BrO2/c1-11-7-3-4-5(8(7)9)2-6(4)10/h4-5,7-8H,2-3H2,1H3. The van der Waals surface area contributed by atoms with E-state index in [9.17, 15) is 4.79 Å². The Kier molecular flexibility index (Phi) is 1.80. The van der Waals surface area contributed by atoms with Crippen molar-refractivity contribution in [2.45, 2.75) is 23.8 Å². The fraction of sp³-hybridized carbons (Fsp3) is 0.875. The fourth-order valence-corrected chi connectivity index (χ4v) is 3.11. The summed E-state index contributed by atoms with van der Waals surface area (Å²) in [7, 11) is 1.72. The monoisotopic (exact) mass is 218 g/mol. The molecule has 11 heavy (non-hydrogen) atoms. The van der Waals surface area contributed by atoms with Gasteiger partial charge in [0.2, 0.25) is 0 Å². The van der Waals surface area contributed by atoms with Gasteiger partial charge in [0.05, 0.1) is 6.10 Å². The Morgan fingerprint density at radius 1 is 1.64 bits per heavy atom. The number of halogens is 1. The lowest BCUT2D eigenvalue weighted by Gasteiger charge is -2.29. The Morgan fingerprint density at radius 3 is 2.82 bits per heavy atom. The number of carbonyl (C=O) groups excluding carboxylic acids is 1. The van der Waals surface area contributed by atoms with Crippen LogP contribution in [0.15, 0.2) is 0 Å². The molecule has 0 aromatic rings. The number of rotatable bonds is 1. The summed E-state index contributed by atoms with van der Waals surface area (Å²) in [5.41, 5.74) is 0. The third-order valence-corrected chi connectivity index (χ3v) is 4.19. The Hall–Kier alpha value is 0.110. The van der Waals surface area contributed by atoms with Gasteiger partial charge >= 0.3 is 0 Å². The topological polar surface area (TPSA) is 26.3 Å². The molecule has 4 atom stereocenters. The summed E-state index contributed by atoms with van der Waals surface area (Å²) in [6.07, 6.45) is 1.95. The van der Waals surface area contributed by atoms with Crippen LogP contribution in [0.5, 0.6) is 0 Å².